The maximum atomic E-state index is 10.9. The molecule has 1 N–H and O–H groups in total. The Morgan fingerprint density at radius 2 is 1.50 bits per heavy atom. The monoisotopic (exact) mass is 491 g/mol. The fourth-order valence-electron chi connectivity index (χ4n) is 2.50. The molecule has 0 aliphatic carbocycles. The van der Waals surface area contributed by atoms with Crippen molar-refractivity contribution in [2.75, 3.05) is 0 Å². The quantitative estimate of drug-likeness (QED) is 0.550. The van der Waals surface area contributed by atoms with Crippen molar-refractivity contribution in [2.24, 2.45) is 0 Å². The van der Waals surface area contributed by atoms with Gasteiger partial charge in [0.15, 0.2) is 0 Å². The maximum absolute atomic E-state index is 10.9. The Hall–Kier alpha value is -0.830. The summed E-state index contributed by atoms with van der Waals surface area (Å²) in [5.74, 6) is -0.768. The molecular weight excluding hydrogens is 480 g/mol. The second-order valence-corrected chi connectivity index (χ2v) is 7.11. The lowest BCUT2D eigenvalue weighted by Crippen LogP contribution is -2.04. The molecule has 0 saturated carbocycles. The van der Waals surface area contributed by atoms with E-state index in [1.807, 2.05) is 0 Å². The zero-order chi connectivity index (χ0) is 14.3. The lowest BCUT2D eigenvalue weighted by molar-refractivity contribution is -0.137. The number of carboxylic acid groups (broad SMARTS) is 1. The third-order valence-corrected chi connectivity index (χ3v) is 4.68. The predicted octanol–water partition coefficient (Wildman–Crippen LogP) is 4.48. The highest BCUT2D eigenvalue weighted by Gasteiger charge is 2.12. The van der Waals surface area contributed by atoms with Crippen molar-refractivity contribution in [1.29, 1.82) is 0 Å². The minimum atomic E-state index is -0.768. The molecule has 3 nitrogen and oxygen atoms in total. The summed E-state index contributed by atoms with van der Waals surface area (Å²) in [6, 6.07) is 12.6. The van der Waals surface area contributed by atoms with Gasteiger partial charge in [-0.1, -0.05) is 0 Å². The molecule has 0 bridgehead atoms. The first-order valence-corrected chi connectivity index (χ1v) is 8.31. The molecule has 20 heavy (non-hydrogen) atoms. The highest BCUT2D eigenvalue weighted by Crippen LogP contribution is 2.31. The van der Waals surface area contributed by atoms with Gasteiger partial charge in [-0.2, -0.15) is 0 Å². The lowest BCUT2D eigenvalue weighted by atomic mass is 10.2. The van der Waals surface area contributed by atoms with Gasteiger partial charge in [0.25, 0.3) is 0 Å². The van der Waals surface area contributed by atoms with Crippen molar-refractivity contribution >= 4 is 73.0 Å². The first-order valence-electron chi connectivity index (χ1n) is 6.15. The molecule has 0 fully saturated rings. The number of halogens is 2. The van der Waals surface area contributed by atoms with Crippen LogP contribution in [-0.2, 0) is 11.3 Å². The number of hydrogen-bond donors (Lipinski definition) is 1. The molecule has 2 aromatic carbocycles. The van der Waals surface area contributed by atoms with Gasteiger partial charge in [-0.05, 0) is 81.6 Å². The Bertz CT molecular complexity index is 764. The largest absolute Gasteiger partial charge is 0.481 e. The van der Waals surface area contributed by atoms with Gasteiger partial charge in [0.2, 0.25) is 0 Å². The summed E-state index contributed by atoms with van der Waals surface area (Å²) in [5, 5.41) is 11.3. The fraction of sp³-hybridized carbons (Fsp3) is 0.133. The zero-order valence-corrected chi connectivity index (χ0v) is 14.8. The van der Waals surface area contributed by atoms with Crippen molar-refractivity contribution in [3.63, 3.8) is 0 Å². The van der Waals surface area contributed by atoms with Crippen LogP contribution in [0.5, 0.6) is 0 Å². The standard InChI is InChI=1S/C15H11I2NO2/c16-9-1-3-13-11(7-9)12-8-10(17)2-4-14(12)18(13)6-5-15(19)20/h1-4,7-8H,5-6H2,(H,19,20). The van der Waals surface area contributed by atoms with Gasteiger partial charge in [0.05, 0.1) is 6.42 Å². The van der Waals surface area contributed by atoms with E-state index in [0.717, 1.165) is 11.0 Å². The number of rotatable bonds is 3. The number of aromatic nitrogens is 1. The molecule has 102 valence electrons. The highest BCUT2D eigenvalue weighted by molar-refractivity contribution is 14.1. The van der Waals surface area contributed by atoms with Gasteiger partial charge in [0, 0.05) is 35.5 Å². The predicted molar refractivity (Wildman–Crippen MR) is 97.1 cm³/mol. The number of aryl methyl sites for hydroxylation is 1. The summed E-state index contributed by atoms with van der Waals surface area (Å²) in [7, 11) is 0. The molecule has 0 saturated heterocycles. The molecule has 1 heterocycles. The average molecular weight is 491 g/mol. The molecule has 0 atom stereocenters. The van der Waals surface area contributed by atoms with E-state index in [-0.39, 0.29) is 6.42 Å². The zero-order valence-electron chi connectivity index (χ0n) is 10.4. The van der Waals surface area contributed by atoms with Crippen LogP contribution in [0.25, 0.3) is 21.8 Å². The van der Waals surface area contributed by atoms with Crippen LogP contribution in [0.1, 0.15) is 6.42 Å². The van der Waals surface area contributed by atoms with Crippen molar-refractivity contribution in [1.82, 2.24) is 4.57 Å². The molecule has 0 unspecified atom stereocenters. The molecule has 0 amide bonds. The summed E-state index contributed by atoms with van der Waals surface area (Å²) in [5.41, 5.74) is 2.20. The van der Waals surface area contributed by atoms with Crippen molar-refractivity contribution in [3.05, 3.63) is 43.5 Å². The molecule has 1 aromatic heterocycles. The molecule has 3 rings (SSSR count). The van der Waals surface area contributed by atoms with Gasteiger partial charge >= 0.3 is 5.97 Å². The second kappa shape index (κ2) is 5.51. The fourth-order valence-corrected chi connectivity index (χ4v) is 3.48. The first-order chi connectivity index (χ1) is 9.56. The summed E-state index contributed by atoms with van der Waals surface area (Å²) in [6.07, 6.45) is 0.136. The Kier molecular flexibility index (Phi) is 3.89. The molecule has 0 aliphatic rings. The molecule has 0 aliphatic heterocycles. The topological polar surface area (TPSA) is 42.2 Å². The van der Waals surface area contributed by atoms with Crippen LogP contribution >= 0.6 is 45.2 Å². The number of hydrogen-bond acceptors (Lipinski definition) is 1. The Morgan fingerprint density at radius 3 is 1.95 bits per heavy atom. The van der Waals surface area contributed by atoms with Gasteiger partial charge in [0.1, 0.15) is 0 Å². The maximum Gasteiger partial charge on any atom is 0.305 e. The number of fused-ring (bicyclic) bond motifs is 3. The van der Waals surface area contributed by atoms with E-state index in [0.29, 0.717) is 6.54 Å². The smallest absolute Gasteiger partial charge is 0.305 e. The number of benzene rings is 2. The SMILES string of the molecule is O=C(O)CCn1c2ccc(I)cc2c2cc(I)ccc21. The van der Waals surface area contributed by atoms with E-state index in [9.17, 15) is 4.79 Å². The Labute approximate surface area is 143 Å². The van der Waals surface area contributed by atoms with E-state index < -0.39 is 5.97 Å². The number of aliphatic carboxylic acids is 1. The minimum Gasteiger partial charge on any atom is -0.481 e. The molecule has 0 radical (unpaired) electrons. The van der Waals surface area contributed by atoms with Crippen LogP contribution in [0.4, 0.5) is 0 Å². The average Bonchev–Trinajstić information content (AvgIpc) is 2.69. The van der Waals surface area contributed by atoms with Crippen LogP contribution in [0.3, 0.4) is 0 Å². The minimum absolute atomic E-state index is 0.136. The summed E-state index contributed by atoms with van der Waals surface area (Å²) in [4.78, 5) is 10.9. The first kappa shape index (κ1) is 14.1. The van der Waals surface area contributed by atoms with E-state index in [1.54, 1.807) is 0 Å². The summed E-state index contributed by atoms with van der Waals surface area (Å²) >= 11 is 4.61. The van der Waals surface area contributed by atoms with Crippen LogP contribution < -0.4 is 0 Å². The van der Waals surface area contributed by atoms with Crippen molar-refractivity contribution < 1.29 is 9.90 Å². The van der Waals surface area contributed by atoms with E-state index in [4.69, 9.17) is 5.11 Å². The van der Waals surface area contributed by atoms with E-state index >= 15 is 0 Å². The van der Waals surface area contributed by atoms with E-state index in [1.165, 1.54) is 17.9 Å². The van der Waals surface area contributed by atoms with Crippen LogP contribution in [0, 0.1) is 7.14 Å². The van der Waals surface area contributed by atoms with Gasteiger partial charge in [-0.15, -0.1) is 0 Å². The second-order valence-electron chi connectivity index (χ2n) is 4.62. The molecule has 3 aromatic rings. The summed E-state index contributed by atoms with van der Waals surface area (Å²) < 4.78 is 4.47. The third kappa shape index (κ3) is 2.52. The Balaban J connectivity index is 2.31. The molecule has 5 heteroatoms. The third-order valence-electron chi connectivity index (χ3n) is 3.34. The highest BCUT2D eigenvalue weighted by atomic mass is 127. The van der Waals surface area contributed by atoms with Gasteiger partial charge < -0.3 is 9.67 Å². The van der Waals surface area contributed by atoms with Crippen LogP contribution in [0.15, 0.2) is 36.4 Å². The number of carbonyl (C=O) groups is 1. The van der Waals surface area contributed by atoms with Gasteiger partial charge in [-0.25, -0.2) is 0 Å². The normalized spacial score (nSPS) is 11.3. The van der Waals surface area contributed by atoms with Crippen LogP contribution in [0.2, 0.25) is 0 Å². The number of carboxylic acids is 1. The Morgan fingerprint density at radius 1 is 1.00 bits per heavy atom. The lowest BCUT2D eigenvalue weighted by Gasteiger charge is -2.05. The molecule has 0 spiro atoms. The summed E-state index contributed by atoms with van der Waals surface area (Å²) in [6.45, 7) is 0.497. The van der Waals surface area contributed by atoms with Crippen LogP contribution in [-0.4, -0.2) is 15.6 Å². The van der Waals surface area contributed by atoms with Crippen molar-refractivity contribution in [3.8, 4) is 0 Å². The van der Waals surface area contributed by atoms with Gasteiger partial charge in [-0.3, -0.25) is 4.79 Å². The van der Waals surface area contributed by atoms with E-state index in [2.05, 4.69) is 86.1 Å². The number of nitrogens with zero attached hydrogens (tertiary/aromatic N) is 1. The molecular formula is C15H11I2NO2. The van der Waals surface area contributed by atoms with Crippen molar-refractivity contribution in [2.45, 2.75) is 13.0 Å².